The van der Waals surface area contributed by atoms with Crippen LogP contribution in [0.2, 0.25) is 0 Å². The molecule has 0 aromatic rings. The highest BCUT2D eigenvalue weighted by Crippen LogP contribution is 2.18. The zero-order valence-electron chi connectivity index (χ0n) is 10.4. The van der Waals surface area contributed by atoms with Crippen molar-refractivity contribution in [1.29, 1.82) is 0 Å². The lowest BCUT2D eigenvalue weighted by Gasteiger charge is -2.18. The molecule has 0 saturated heterocycles. The van der Waals surface area contributed by atoms with Crippen molar-refractivity contribution in [1.82, 2.24) is 0 Å². The van der Waals surface area contributed by atoms with Gasteiger partial charge in [0.2, 0.25) is 0 Å². The molecule has 6 heteroatoms. The molecule has 0 saturated carbocycles. The first kappa shape index (κ1) is 16.9. The van der Waals surface area contributed by atoms with Gasteiger partial charge in [-0.15, -0.1) is 0 Å². The maximum atomic E-state index is 11.0. The zero-order valence-corrected chi connectivity index (χ0v) is 10.4. The number of carboxylic acid groups (broad SMARTS) is 2. The van der Waals surface area contributed by atoms with E-state index < -0.39 is 24.0 Å². The van der Waals surface area contributed by atoms with Crippen LogP contribution in [0.15, 0.2) is 0 Å². The predicted octanol–water partition coefficient (Wildman–Crippen LogP) is 0.856. The maximum absolute atomic E-state index is 11.0. The molecule has 18 heavy (non-hydrogen) atoms. The van der Waals surface area contributed by atoms with Gasteiger partial charge in [-0.3, -0.25) is 9.59 Å². The number of carbonyl (C=O) groups is 2. The highest BCUT2D eigenvalue weighted by atomic mass is 16.4. The molecule has 0 aromatic heterocycles. The summed E-state index contributed by atoms with van der Waals surface area (Å²) in [5.74, 6) is -2.95. The summed E-state index contributed by atoms with van der Waals surface area (Å²) in [6.07, 6.45) is 1.80. The molecule has 2 atom stereocenters. The first-order valence-corrected chi connectivity index (χ1v) is 6.22. The van der Waals surface area contributed by atoms with Crippen LogP contribution in [0, 0.1) is 5.92 Å². The number of aliphatic hydroxyl groups excluding tert-OH is 2. The Morgan fingerprint density at radius 3 is 2.11 bits per heavy atom. The van der Waals surface area contributed by atoms with Crippen molar-refractivity contribution in [2.45, 2.75) is 51.0 Å². The minimum atomic E-state index is -1.09. The fourth-order valence-corrected chi connectivity index (χ4v) is 1.80. The van der Waals surface area contributed by atoms with Crippen LogP contribution in [0.25, 0.3) is 0 Å². The number of unbranched alkanes of at least 4 members (excludes halogenated alkanes) is 2. The van der Waals surface area contributed by atoms with Gasteiger partial charge in [0.15, 0.2) is 0 Å². The first-order valence-electron chi connectivity index (χ1n) is 6.22. The fourth-order valence-electron chi connectivity index (χ4n) is 1.80. The molecule has 0 fully saturated rings. The van der Waals surface area contributed by atoms with Gasteiger partial charge in [0.25, 0.3) is 0 Å². The molecule has 0 aliphatic rings. The molecular formula is C12H22O6. The minimum absolute atomic E-state index is 0.0823. The lowest BCUT2D eigenvalue weighted by atomic mass is 9.92. The van der Waals surface area contributed by atoms with E-state index in [1.165, 1.54) is 0 Å². The summed E-state index contributed by atoms with van der Waals surface area (Å²) in [6.45, 7) is 0.0943. The molecule has 0 rings (SSSR count). The van der Waals surface area contributed by atoms with Gasteiger partial charge < -0.3 is 20.4 Å². The largest absolute Gasteiger partial charge is 0.481 e. The Bertz CT molecular complexity index is 253. The van der Waals surface area contributed by atoms with Gasteiger partial charge in [-0.2, -0.15) is 0 Å². The molecule has 0 aliphatic heterocycles. The number of hydrogen-bond donors (Lipinski definition) is 4. The molecule has 4 N–H and O–H groups in total. The van der Waals surface area contributed by atoms with Crippen LogP contribution < -0.4 is 0 Å². The van der Waals surface area contributed by atoms with Crippen LogP contribution in [-0.2, 0) is 9.59 Å². The van der Waals surface area contributed by atoms with Gasteiger partial charge in [-0.05, 0) is 25.7 Å². The van der Waals surface area contributed by atoms with E-state index in [1.54, 1.807) is 0 Å². The van der Waals surface area contributed by atoms with E-state index in [2.05, 4.69) is 0 Å². The Hall–Kier alpha value is -1.14. The van der Waals surface area contributed by atoms with Gasteiger partial charge in [0.1, 0.15) is 0 Å². The van der Waals surface area contributed by atoms with E-state index in [4.69, 9.17) is 15.3 Å². The summed E-state index contributed by atoms with van der Waals surface area (Å²) in [4.78, 5) is 21.3. The van der Waals surface area contributed by atoms with Crippen LogP contribution >= 0.6 is 0 Å². The Kier molecular flexibility index (Phi) is 9.22. The van der Waals surface area contributed by atoms with Crippen LogP contribution in [0.4, 0.5) is 0 Å². The molecule has 0 bridgehead atoms. The van der Waals surface area contributed by atoms with E-state index >= 15 is 0 Å². The van der Waals surface area contributed by atoms with Crippen LogP contribution in [0.3, 0.4) is 0 Å². The molecule has 0 aromatic carbocycles. The topological polar surface area (TPSA) is 115 Å². The normalized spacial score (nSPS) is 14.1. The van der Waals surface area contributed by atoms with Crippen molar-refractivity contribution in [3.8, 4) is 0 Å². The van der Waals surface area contributed by atoms with E-state index in [-0.39, 0.29) is 25.9 Å². The second kappa shape index (κ2) is 9.85. The van der Waals surface area contributed by atoms with Crippen molar-refractivity contribution in [2.75, 3.05) is 6.61 Å². The number of rotatable bonds is 11. The Balaban J connectivity index is 3.99. The van der Waals surface area contributed by atoms with E-state index in [0.29, 0.717) is 19.3 Å². The van der Waals surface area contributed by atoms with Crippen molar-refractivity contribution in [3.63, 3.8) is 0 Å². The predicted molar refractivity (Wildman–Crippen MR) is 64.2 cm³/mol. The molecule has 0 aliphatic carbocycles. The van der Waals surface area contributed by atoms with E-state index in [1.807, 2.05) is 0 Å². The molecule has 2 unspecified atom stereocenters. The molecule has 6 nitrogen and oxygen atoms in total. The standard InChI is InChI=1S/C12H22O6/c13-8-3-1-2-6-10(14)9(12(17)18)5-4-7-11(15)16/h9-10,13-14H,1-8H2,(H,15,16)(H,17,18). The Morgan fingerprint density at radius 2 is 1.61 bits per heavy atom. The number of aliphatic carboxylic acids is 2. The molecular weight excluding hydrogens is 240 g/mol. The van der Waals surface area contributed by atoms with Crippen molar-refractivity contribution in [3.05, 3.63) is 0 Å². The summed E-state index contributed by atoms with van der Waals surface area (Å²) in [5.41, 5.74) is 0. The Morgan fingerprint density at radius 1 is 0.944 bits per heavy atom. The lowest BCUT2D eigenvalue weighted by molar-refractivity contribution is -0.147. The van der Waals surface area contributed by atoms with Crippen LogP contribution in [0.1, 0.15) is 44.9 Å². The van der Waals surface area contributed by atoms with Gasteiger partial charge in [-0.25, -0.2) is 0 Å². The zero-order chi connectivity index (χ0) is 14.0. The van der Waals surface area contributed by atoms with Gasteiger partial charge >= 0.3 is 11.9 Å². The first-order chi connectivity index (χ1) is 8.49. The SMILES string of the molecule is O=C(O)CCCC(C(=O)O)C(O)CCCCCO. The monoisotopic (exact) mass is 262 g/mol. The van der Waals surface area contributed by atoms with Crippen molar-refractivity contribution < 1.29 is 30.0 Å². The van der Waals surface area contributed by atoms with Crippen LogP contribution in [0.5, 0.6) is 0 Å². The minimum Gasteiger partial charge on any atom is -0.481 e. The molecule has 106 valence electrons. The number of hydrogen-bond acceptors (Lipinski definition) is 4. The average Bonchev–Trinajstić information content (AvgIpc) is 2.29. The van der Waals surface area contributed by atoms with Crippen LogP contribution in [-0.4, -0.2) is 45.1 Å². The maximum Gasteiger partial charge on any atom is 0.309 e. The van der Waals surface area contributed by atoms with E-state index in [0.717, 1.165) is 6.42 Å². The molecule has 0 amide bonds. The quantitative estimate of drug-likeness (QED) is 0.410. The van der Waals surface area contributed by atoms with Crippen molar-refractivity contribution in [2.24, 2.45) is 5.92 Å². The smallest absolute Gasteiger partial charge is 0.309 e. The second-order valence-corrected chi connectivity index (χ2v) is 4.37. The highest BCUT2D eigenvalue weighted by molar-refractivity contribution is 5.71. The number of aliphatic hydroxyl groups is 2. The summed E-state index contributed by atoms with van der Waals surface area (Å²) in [5, 5.41) is 35.8. The molecule has 0 radical (unpaired) electrons. The molecule has 0 spiro atoms. The third kappa shape index (κ3) is 8.03. The van der Waals surface area contributed by atoms with Gasteiger partial charge in [0, 0.05) is 13.0 Å². The van der Waals surface area contributed by atoms with Gasteiger partial charge in [0.05, 0.1) is 12.0 Å². The third-order valence-electron chi connectivity index (χ3n) is 2.85. The third-order valence-corrected chi connectivity index (χ3v) is 2.85. The summed E-state index contributed by atoms with van der Waals surface area (Å²) < 4.78 is 0. The number of carboxylic acids is 2. The summed E-state index contributed by atoms with van der Waals surface area (Å²) in [6, 6.07) is 0. The summed E-state index contributed by atoms with van der Waals surface area (Å²) >= 11 is 0. The fraction of sp³-hybridized carbons (Fsp3) is 0.833. The van der Waals surface area contributed by atoms with E-state index in [9.17, 15) is 14.7 Å². The molecule has 0 heterocycles. The average molecular weight is 262 g/mol. The highest BCUT2D eigenvalue weighted by Gasteiger charge is 2.25. The second-order valence-electron chi connectivity index (χ2n) is 4.37. The lowest BCUT2D eigenvalue weighted by Crippen LogP contribution is -2.28. The van der Waals surface area contributed by atoms with Gasteiger partial charge in [-0.1, -0.05) is 12.8 Å². The Labute approximate surface area is 106 Å². The summed E-state index contributed by atoms with van der Waals surface area (Å²) in [7, 11) is 0. The van der Waals surface area contributed by atoms with Crippen molar-refractivity contribution >= 4 is 11.9 Å².